The van der Waals surface area contributed by atoms with Gasteiger partial charge >= 0.3 is 5.97 Å². The van der Waals surface area contributed by atoms with Gasteiger partial charge in [-0.2, -0.15) is 0 Å². The van der Waals surface area contributed by atoms with Crippen LogP contribution < -0.4 is 0 Å². The summed E-state index contributed by atoms with van der Waals surface area (Å²) in [6.45, 7) is 1.67. The van der Waals surface area contributed by atoms with Crippen LogP contribution in [0, 0.1) is 0 Å². The Morgan fingerprint density at radius 2 is 1.89 bits per heavy atom. The van der Waals surface area contributed by atoms with Gasteiger partial charge < -0.3 is 4.74 Å². The first-order valence-corrected chi connectivity index (χ1v) is 5.70. The Labute approximate surface area is 104 Å². The van der Waals surface area contributed by atoms with Gasteiger partial charge in [-0.3, -0.25) is 0 Å². The van der Waals surface area contributed by atoms with Gasteiger partial charge in [0.25, 0.3) is 0 Å². The molecule has 0 aliphatic carbocycles. The smallest absolute Gasteiger partial charge is 0.363 e. The molecule has 18 heavy (non-hydrogen) atoms. The number of ether oxygens (including phenoxy) is 1. The molecule has 0 radical (unpaired) electrons. The van der Waals surface area contributed by atoms with Crippen LogP contribution >= 0.6 is 0 Å². The molecule has 0 saturated heterocycles. The number of rotatable bonds is 1. The van der Waals surface area contributed by atoms with Crippen LogP contribution in [0.4, 0.5) is 0 Å². The zero-order chi connectivity index (χ0) is 12.5. The van der Waals surface area contributed by atoms with E-state index in [0.717, 1.165) is 10.9 Å². The van der Waals surface area contributed by atoms with Crippen LogP contribution in [-0.2, 0) is 9.53 Å². The minimum atomic E-state index is -0.388. The second kappa shape index (κ2) is 4.11. The van der Waals surface area contributed by atoms with Crippen LogP contribution in [0.25, 0.3) is 16.8 Å². The minimum Gasteiger partial charge on any atom is -0.407 e. The van der Waals surface area contributed by atoms with Crippen molar-refractivity contribution >= 4 is 28.7 Å². The number of carbonyl (C=O) groups excluding carboxylic acids is 1. The summed E-state index contributed by atoms with van der Waals surface area (Å²) in [7, 11) is 0. The SMILES string of the molecule is CC1=N/C(=C\c2ccc3ccccc3c2)C(=O)O1. The predicted octanol–water partition coefficient (Wildman–Crippen LogP) is 3.16. The predicted molar refractivity (Wildman–Crippen MR) is 71.1 cm³/mol. The number of hydrogen-bond acceptors (Lipinski definition) is 3. The van der Waals surface area contributed by atoms with Crippen LogP contribution in [0.1, 0.15) is 12.5 Å². The summed E-state index contributed by atoms with van der Waals surface area (Å²) in [4.78, 5) is 15.5. The van der Waals surface area contributed by atoms with Gasteiger partial charge in [0.1, 0.15) is 0 Å². The topological polar surface area (TPSA) is 38.7 Å². The molecule has 3 rings (SSSR count). The first-order chi connectivity index (χ1) is 8.72. The normalized spacial score (nSPS) is 17.1. The Morgan fingerprint density at radius 1 is 1.11 bits per heavy atom. The number of aliphatic imine (C=N–C) groups is 1. The fourth-order valence-electron chi connectivity index (χ4n) is 1.97. The van der Waals surface area contributed by atoms with Crippen molar-refractivity contribution < 1.29 is 9.53 Å². The number of carbonyl (C=O) groups is 1. The van der Waals surface area contributed by atoms with E-state index >= 15 is 0 Å². The summed E-state index contributed by atoms with van der Waals surface area (Å²) < 4.78 is 4.88. The van der Waals surface area contributed by atoms with E-state index in [0.29, 0.717) is 11.6 Å². The Morgan fingerprint density at radius 3 is 2.61 bits per heavy atom. The Hall–Kier alpha value is -2.42. The second-order valence-corrected chi connectivity index (χ2v) is 4.16. The summed E-state index contributed by atoms with van der Waals surface area (Å²) in [6, 6.07) is 14.1. The number of esters is 1. The molecule has 2 aromatic carbocycles. The summed E-state index contributed by atoms with van der Waals surface area (Å²) in [6.07, 6.45) is 1.74. The minimum absolute atomic E-state index is 0.350. The monoisotopic (exact) mass is 237 g/mol. The molecule has 0 unspecified atom stereocenters. The molecular weight excluding hydrogens is 226 g/mol. The number of fused-ring (bicyclic) bond motifs is 1. The fourth-order valence-corrected chi connectivity index (χ4v) is 1.97. The van der Waals surface area contributed by atoms with Gasteiger partial charge in [-0.05, 0) is 28.5 Å². The van der Waals surface area contributed by atoms with E-state index in [1.54, 1.807) is 13.0 Å². The third-order valence-electron chi connectivity index (χ3n) is 2.80. The van der Waals surface area contributed by atoms with E-state index in [4.69, 9.17) is 4.74 Å². The molecule has 3 heteroatoms. The molecule has 1 heterocycles. The highest BCUT2D eigenvalue weighted by Gasteiger charge is 2.19. The number of benzene rings is 2. The zero-order valence-corrected chi connectivity index (χ0v) is 9.88. The van der Waals surface area contributed by atoms with Gasteiger partial charge in [-0.15, -0.1) is 0 Å². The van der Waals surface area contributed by atoms with E-state index in [-0.39, 0.29) is 5.97 Å². The Bertz CT molecular complexity index is 698. The molecule has 0 atom stereocenters. The fraction of sp³-hybridized carbons (Fsp3) is 0.0667. The number of hydrogen-bond donors (Lipinski definition) is 0. The Kier molecular flexibility index (Phi) is 2.45. The third-order valence-corrected chi connectivity index (χ3v) is 2.80. The highest BCUT2D eigenvalue weighted by molar-refractivity contribution is 6.06. The maximum atomic E-state index is 11.4. The maximum Gasteiger partial charge on any atom is 0.363 e. The molecule has 0 bridgehead atoms. The van der Waals surface area contributed by atoms with Gasteiger partial charge in [-0.1, -0.05) is 36.4 Å². The maximum absolute atomic E-state index is 11.4. The van der Waals surface area contributed by atoms with Crippen molar-refractivity contribution in [3.8, 4) is 0 Å². The van der Waals surface area contributed by atoms with E-state index in [1.807, 2.05) is 36.4 Å². The zero-order valence-electron chi connectivity index (χ0n) is 9.88. The molecule has 0 N–H and O–H groups in total. The van der Waals surface area contributed by atoms with Crippen molar-refractivity contribution in [2.75, 3.05) is 0 Å². The standard InChI is InChI=1S/C15H11NO2/c1-10-16-14(15(17)18-10)9-11-6-7-12-4-2-3-5-13(12)8-11/h2-9H,1H3/b14-9-. The molecule has 3 nitrogen and oxygen atoms in total. The molecular formula is C15H11NO2. The van der Waals surface area contributed by atoms with Crippen molar-refractivity contribution in [3.63, 3.8) is 0 Å². The first kappa shape index (κ1) is 10.7. The molecule has 0 saturated carbocycles. The lowest BCUT2D eigenvalue weighted by atomic mass is 10.1. The molecule has 1 aliphatic heterocycles. The molecule has 2 aromatic rings. The summed E-state index contributed by atoms with van der Waals surface area (Å²) in [5, 5.41) is 2.31. The largest absolute Gasteiger partial charge is 0.407 e. The highest BCUT2D eigenvalue weighted by Crippen LogP contribution is 2.19. The summed E-state index contributed by atoms with van der Waals surface area (Å²) >= 11 is 0. The van der Waals surface area contributed by atoms with E-state index in [9.17, 15) is 4.79 Å². The lowest BCUT2D eigenvalue weighted by Crippen LogP contribution is -1.99. The Balaban J connectivity index is 2.05. The van der Waals surface area contributed by atoms with Gasteiger partial charge in [0.2, 0.25) is 0 Å². The first-order valence-electron chi connectivity index (χ1n) is 5.70. The third kappa shape index (κ3) is 1.91. The van der Waals surface area contributed by atoms with Crippen molar-refractivity contribution in [1.82, 2.24) is 0 Å². The van der Waals surface area contributed by atoms with Gasteiger partial charge in [0, 0.05) is 6.92 Å². The van der Waals surface area contributed by atoms with Crippen molar-refractivity contribution in [1.29, 1.82) is 0 Å². The van der Waals surface area contributed by atoms with Crippen LogP contribution in [0.5, 0.6) is 0 Å². The van der Waals surface area contributed by atoms with Crippen LogP contribution in [0.3, 0.4) is 0 Å². The summed E-state index contributed by atoms with van der Waals surface area (Å²) in [5.41, 5.74) is 1.29. The average Bonchev–Trinajstić information content (AvgIpc) is 2.68. The summed E-state index contributed by atoms with van der Waals surface area (Å²) in [5.74, 6) is 0.00713. The average molecular weight is 237 g/mol. The van der Waals surface area contributed by atoms with Crippen LogP contribution in [0.2, 0.25) is 0 Å². The molecule has 0 spiro atoms. The van der Waals surface area contributed by atoms with E-state index < -0.39 is 0 Å². The molecule has 1 aliphatic rings. The molecule has 0 amide bonds. The second-order valence-electron chi connectivity index (χ2n) is 4.16. The number of nitrogens with zero attached hydrogens (tertiary/aromatic N) is 1. The van der Waals surface area contributed by atoms with Crippen LogP contribution in [-0.4, -0.2) is 11.9 Å². The van der Waals surface area contributed by atoms with Crippen molar-refractivity contribution in [3.05, 3.63) is 53.7 Å². The van der Waals surface area contributed by atoms with E-state index in [1.165, 1.54) is 5.39 Å². The highest BCUT2D eigenvalue weighted by atomic mass is 16.6. The lowest BCUT2D eigenvalue weighted by molar-refractivity contribution is -0.130. The van der Waals surface area contributed by atoms with Crippen molar-refractivity contribution in [2.24, 2.45) is 4.99 Å². The molecule has 0 aromatic heterocycles. The molecule has 88 valence electrons. The number of cyclic esters (lactones) is 1. The van der Waals surface area contributed by atoms with Crippen LogP contribution in [0.15, 0.2) is 53.2 Å². The van der Waals surface area contributed by atoms with E-state index in [2.05, 4.69) is 11.1 Å². The van der Waals surface area contributed by atoms with Gasteiger partial charge in [-0.25, -0.2) is 9.79 Å². The lowest BCUT2D eigenvalue weighted by Gasteiger charge is -1.99. The van der Waals surface area contributed by atoms with Crippen molar-refractivity contribution in [2.45, 2.75) is 6.92 Å². The van der Waals surface area contributed by atoms with Gasteiger partial charge in [0.15, 0.2) is 11.6 Å². The van der Waals surface area contributed by atoms with Gasteiger partial charge in [0.05, 0.1) is 0 Å². The molecule has 0 fully saturated rings. The quantitative estimate of drug-likeness (QED) is 0.564.